The van der Waals surface area contributed by atoms with Crippen molar-refractivity contribution in [3.63, 3.8) is 0 Å². The molecule has 2 aromatic heterocycles. The third-order valence-electron chi connectivity index (χ3n) is 2.31. The molecule has 17 heavy (non-hydrogen) atoms. The molecule has 0 aliphatic rings. The van der Waals surface area contributed by atoms with Crippen molar-refractivity contribution in [2.24, 2.45) is 0 Å². The second kappa shape index (κ2) is 6.17. The summed E-state index contributed by atoms with van der Waals surface area (Å²) >= 11 is 16.7. The maximum Gasteiger partial charge on any atom is 0.0762 e. The fourth-order valence-electron chi connectivity index (χ4n) is 1.61. The predicted octanol–water partition coefficient (Wildman–Crippen LogP) is 5.69. The first kappa shape index (κ1) is 14.0. The van der Waals surface area contributed by atoms with Crippen LogP contribution in [0.2, 0.25) is 5.02 Å². The van der Waals surface area contributed by atoms with Gasteiger partial charge in [-0.15, -0.1) is 22.7 Å². The molecule has 2 aromatic rings. The molecule has 1 N–H and O–H groups in total. The molecule has 0 saturated heterocycles. The highest BCUT2D eigenvalue weighted by atomic mass is 79.9. The van der Waals surface area contributed by atoms with E-state index in [1.807, 2.05) is 11.4 Å². The van der Waals surface area contributed by atoms with Crippen LogP contribution in [-0.4, -0.2) is 6.54 Å². The van der Waals surface area contributed by atoms with Gasteiger partial charge in [0, 0.05) is 10.4 Å². The molecule has 92 valence electrons. The van der Waals surface area contributed by atoms with Gasteiger partial charge >= 0.3 is 0 Å². The maximum absolute atomic E-state index is 6.23. The first-order valence-corrected chi connectivity index (χ1v) is 8.70. The van der Waals surface area contributed by atoms with Crippen LogP contribution < -0.4 is 5.32 Å². The highest BCUT2D eigenvalue weighted by Gasteiger charge is 2.21. The Hall–Kier alpha value is 0.610. The largest absolute Gasteiger partial charge is 0.306 e. The van der Waals surface area contributed by atoms with Crippen molar-refractivity contribution in [1.82, 2.24) is 5.32 Å². The molecule has 2 heterocycles. The number of nitrogens with one attached hydrogen (secondary N) is 1. The van der Waals surface area contributed by atoms with Crippen molar-refractivity contribution in [2.75, 3.05) is 6.54 Å². The molecular formula is C11H10Br2ClNS2. The molecule has 1 nitrogen and oxygen atoms in total. The Morgan fingerprint density at radius 2 is 2.24 bits per heavy atom. The summed E-state index contributed by atoms with van der Waals surface area (Å²) in [5.74, 6) is 0. The summed E-state index contributed by atoms with van der Waals surface area (Å²) in [7, 11) is 0. The van der Waals surface area contributed by atoms with Crippen LogP contribution in [-0.2, 0) is 0 Å². The summed E-state index contributed by atoms with van der Waals surface area (Å²) < 4.78 is 2.26. The van der Waals surface area contributed by atoms with Gasteiger partial charge in [0.15, 0.2) is 0 Å². The SMILES string of the molecule is CCNC(c1cc(Br)sc1Br)c1sccc1Cl. The number of hydrogen-bond donors (Lipinski definition) is 1. The lowest BCUT2D eigenvalue weighted by atomic mass is 10.1. The Bertz CT molecular complexity index is 509. The van der Waals surface area contributed by atoms with Crippen LogP contribution in [0.3, 0.4) is 0 Å². The van der Waals surface area contributed by atoms with E-state index in [1.54, 1.807) is 22.7 Å². The molecule has 0 saturated carbocycles. The zero-order valence-corrected chi connectivity index (χ0v) is 14.5. The van der Waals surface area contributed by atoms with Crippen molar-refractivity contribution in [3.8, 4) is 0 Å². The molecule has 0 aliphatic carbocycles. The maximum atomic E-state index is 6.23. The van der Waals surface area contributed by atoms with Gasteiger partial charge in [-0.3, -0.25) is 0 Å². The quantitative estimate of drug-likeness (QED) is 0.677. The van der Waals surface area contributed by atoms with Gasteiger partial charge in [-0.05, 0) is 55.9 Å². The van der Waals surface area contributed by atoms with Gasteiger partial charge < -0.3 is 5.32 Å². The molecule has 6 heteroatoms. The van der Waals surface area contributed by atoms with Gasteiger partial charge in [-0.25, -0.2) is 0 Å². The highest BCUT2D eigenvalue weighted by molar-refractivity contribution is 9.12. The minimum atomic E-state index is 0.157. The predicted molar refractivity (Wildman–Crippen MR) is 84.6 cm³/mol. The van der Waals surface area contributed by atoms with Crippen LogP contribution in [0.5, 0.6) is 0 Å². The second-order valence-corrected chi connectivity index (χ2v) is 8.51. The molecule has 0 aliphatic heterocycles. The zero-order chi connectivity index (χ0) is 12.4. The van der Waals surface area contributed by atoms with E-state index in [0.717, 1.165) is 19.1 Å². The van der Waals surface area contributed by atoms with Gasteiger partial charge in [0.2, 0.25) is 0 Å². The van der Waals surface area contributed by atoms with E-state index in [2.05, 4.69) is 50.2 Å². The van der Waals surface area contributed by atoms with Gasteiger partial charge in [-0.1, -0.05) is 18.5 Å². The van der Waals surface area contributed by atoms with Gasteiger partial charge in [0.1, 0.15) is 0 Å². The lowest BCUT2D eigenvalue weighted by molar-refractivity contribution is 0.640. The second-order valence-electron chi connectivity index (χ2n) is 3.40. The number of rotatable bonds is 4. The Kier molecular flexibility index (Phi) is 5.09. The van der Waals surface area contributed by atoms with E-state index in [4.69, 9.17) is 11.6 Å². The van der Waals surface area contributed by atoms with Crippen LogP contribution in [0.1, 0.15) is 23.4 Å². The molecule has 0 radical (unpaired) electrons. The van der Waals surface area contributed by atoms with Crippen LogP contribution >= 0.6 is 66.1 Å². The van der Waals surface area contributed by atoms with E-state index in [9.17, 15) is 0 Å². The van der Waals surface area contributed by atoms with Gasteiger partial charge in [-0.2, -0.15) is 0 Å². The van der Waals surface area contributed by atoms with Crippen molar-refractivity contribution in [3.05, 3.63) is 40.5 Å². The molecule has 0 fully saturated rings. The van der Waals surface area contributed by atoms with Crippen LogP contribution in [0.25, 0.3) is 0 Å². The Labute approximate surface area is 130 Å². The monoisotopic (exact) mass is 413 g/mol. The van der Waals surface area contributed by atoms with Crippen LogP contribution in [0.15, 0.2) is 25.1 Å². The molecule has 1 atom stereocenters. The van der Waals surface area contributed by atoms with E-state index < -0.39 is 0 Å². The lowest BCUT2D eigenvalue weighted by Crippen LogP contribution is -2.21. The van der Waals surface area contributed by atoms with E-state index in [1.165, 1.54) is 10.4 Å². The van der Waals surface area contributed by atoms with Crippen molar-refractivity contribution in [2.45, 2.75) is 13.0 Å². The normalized spacial score (nSPS) is 12.9. The third-order valence-corrected chi connectivity index (χ3v) is 6.12. The number of thiophene rings is 2. The summed E-state index contributed by atoms with van der Waals surface area (Å²) in [6.45, 7) is 3.00. The van der Waals surface area contributed by atoms with E-state index >= 15 is 0 Å². The lowest BCUT2D eigenvalue weighted by Gasteiger charge is -2.16. The Morgan fingerprint density at radius 1 is 1.47 bits per heavy atom. The molecule has 0 bridgehead atoms. The van der Waals surface area contributed by atoms with Crippen LogP contribution in [0, 0.1) is 0 Å². The minimum absolute atomic E-state index is 0.157. The summed E-state index contributed by atoms with van der Waals surface area (Å²) in [6, 6.07) is 4.24. The van der Waals surface area contributed by atoms with Gasteiger partial charge in [0.25, 0.3) is 0 Å². The summed E-state index contributed by atoms with van der Waals surface area (Å²) in [6.07, 6.45) is 0. The smallest absolute Gasteiger partial charge is 0.0762 e. The van der Waals surface area contributed by atoms with Crippen molar-refractivity contribution >= 4 is 66.1 Å². The molecule has 1 unspecified atom stereocenters. The van der Waals surface area contributed by atoms with E-state index in [-0.39, 0.29) is 6.04 Å². The average Bonchev–Trinajstić information content (AvgIpc) is 2.82. The van der Waals surface area contributed by atoms with Crippen molar-refractivity contribution < 1.29 is 0 Å². The zero-order valence-electron chi connectivity index (χ0n) is 8.97. The molecule has 0 aromatic carbocycles. The number of hydrogen-bond acceptors (Lipinski definition) is 3. The molecule has 0 spiro atoms. The van der Waals surface area contributed by atoms with Crippen molar-refractivity contribution in [1.29, 1.82) is 0 Å². The topological polar surface area (TPSA) is 12.0 Å². The first-order chi connectivity index (χ1) is 8.13. The van der Waals surface area contributed by atoms with Crippen LogP contribution in [0.4, 0.5) is 0 Å². The standard InChI is InChI=1S/C11H10Br2ClNS2/c1-2-15-9(10-7(14)3-4-16-10)6-5-8(12)17-11(6)13/h3-5,9,15H,2H2,1H3. The molecule has 0 amide bonds. The number of halogens is 3. The van der Waals surface area contributed by atoms with Gasteiger partial charge in [0.05, 0.1) is 18.6 Å². The summed E-state index contributed by atoms with van der Waals surface area (Å²) in [5, 5.41) is 6.33. The Morgan fingerprint density at radius 3 is 2.71 bits per heavy atom. The molecular weight excluding hydrogens is 406 g/mol. The summed E-state index contributed by atoms with van der Waals surface area (Å²) in [5.41, 5.74) is 1.23. The fraction of sp³-hybridized carbons (Fsp3) is 0.273. The average molecular weight is 416 g/mol. The summed E-state index contributed by atoms with van der Waals surface area (Å²) in [4.78, 5) is 1.17. The highest BCUT2D eigenvalue weighted by Crippen LogP contribution is 2.41. The fourth-order valence-corrected chi connectivity index (χ4v) is 5.77. The first-order valence-electron chi connectivity index (χ1n) is 5.04. The third kappa shape index (κ3) is 3.14. The minimum Gasteiger partial charge on any atom is -0.306 e. The Balaban J connectivity index is 2.42. The molecule has 2 rings (SSSR count). The van der Waals surface area contributed by atoms with E-state index in [0.29, 0.717) is 0 Å².